The van der Waals surface area contributed by atoms with Crippen molar-refractivity contribution >= 4 is 11.8 Å². The van der Waals surface area contributed by atoms with Crippen molar-refractivity contribution in [1.82, 2.24) is 0 Å². The van der Waals surface area contributed by atoms with E-state index in [0.717, 1.165) is 12.2 Å². The highest BCUT2D eigenvalue weighted by atomic mass is 16.4. The molecular weight excluding hydrogens is 232 g/mol. The summed E-state index contributed by atoms with van der Waals surface area (Å²) in [4.78, 5) is 22.0. The Morgan fingerprint density at radius 1 is 1.17 bits per heavy atom. The van der Waals surface area contributed by atoms with E-state index in [9.17, 15) is 14.7 Å². The van der Waals surface area contributed by atoms with Gasteiger partial charge >= 0.3 is 5.97 Å². The Bertz CT molecular complexity index is 507. The predicted octanol–water partition coefficient (Wildman–Crippen LogP) is 2.51. The second-order valence-electron chi connectivity index (χ2n) is 5.02. The van der Waals surface area contributed by atoms with Gasteiger partial charge in [-0.05, 0) is 35.3 Å². The molecule has 0 aliphatic rings. The van der Waals surface area contributed by atoms with E-state index in [1.807, 2.05) is 20.8 Å². The maximum atomic E-state index is 11.7. The second-order valence-corrected chi connectivity index (χ2v) is 5.02. The van der Waals surface area contributed by atoms with Gasteiger partial charge in [0, 0.05) is 11.6 Å². The lowest BCUT2D eigenvalue weighted by atomic mass is 9.85. The number of phenols is 1. The van der Waals surface area contributed by atoms with Gasteiger partial charge in [0.15, 0.2) is 5.78 Å². The minimum absolute atomic E-state index is 0.126. The minimum Gasteiger partial charge on any atom is -0.508 e. The fourth-order valence-corrected chi connectivity index (χ4v) is 1.53. The number of aromatic hydroxyl groups is 1. The summed E-state index contributed by atoms with van der Waals surface area (Å²) in [5, 5.41) is 18.2. The molecule has 4 nitrogen and oxygen atoms in total. The number of ketones is 1. The van der Waals surface area contributed by atoms with E-state index in [1.54, 1.807) is 6.07 Å². The molecule has 0 amide bonds. The van der Waals surface area contributed by atoms with Crippen molar-refractivity contribution in [1.29, 1.82) is 0 Å². The highest BCUT2D eigenvalue weighted by molar-refractivity contribution is 6.07. The number of aliphatic carboxylic acids is 1. The summed E-state index contributed by atoms with van der Waals surface area (Å²) in [5.74, 6) is -1.44. The van der Waals surface area contributed by atoms with Crippen LogP contribution in [0.2, 0.25) is 0 Å². The average molecular weight is 248 g/mol. The van der Waals surface area contributed by atoms with Crippen molar-refractivity contribution in [2.24, 2.45) is 0 Å². The molecule has 0 heterocycles. The van der Waals surface area contributed by atoms with Crippen molar-refractivity contribution in [2.45, 2.75) is 26.2 Å². The normalized spacial score (nSPS) is 11.7. The monoisotopic (exact) mass is 248 g/mol. The van der Waals surface area contributed by atoms with E-state index >= 15 is 0 Å². The molecule has 4 heteroatoms. The summed E-state index contributed by atoms with van der Waals surface area (Å²) in [5.41, 5.74) is 0.712. The average Bonchev–Trinajstić information content (AvgIpc) is 2.24. The van der Waals surface area contributed by atoms with Gasteiger partial charge in [-0.2, -0.15) is 0 Å². The molecule has 96 valence electrons. The molecule has 1 aromatic carbocycles. The fraction of sp³-hybridized carbons (Fsp3) is 0.286. The zero-order valence-electron chi connectivity index (χ0n) is 10.6. The molecule has 0 aromatic heterocycles. The molecule has 0 saturated carbocycles. The Kier molecular flexibility index (Phi) is 3.91. The lowest BCUT2D eigenvalue weighted by molar-refractivity contribution is -0.131. The van der Waals surface area contributed by atoms with Gasteiger partial charge in [-0.25, -0.2) is 4.79 Å². The predicted molar refractivity (Wildman–Crippen MR) is 67.9 cm³/mol. The number of hydrogen-bond acceptors (Lipinski definition) is 3. The number of carboxylic acids is 1. The molecule has 0 aliphatic carbocycles. The number of phenolic OH excluding ortho intramolecular Hbond substituents is 1. The second kappa shape index (κ2) is 5.04. The number of allylic oxidation sites excluding steroid dienone is 1. The van der Waals surface area contributed by atoms with Crippen molar-refractivity contribution in [3.63, 3.8) is 0 Å². The number of benzene rings is 1. The molecule has 0 saturated heterocycles. The first-order valence-electron chi connectivity index (χ1n) is 5.50. The SMILES string of the molecule is CC(C)(C)c1cc(C(=O)/C=C/C(=O)O)ccc1O. The molecule has 0 unspecified atom stereocenters. The van der Waals surface area contributed by atoms with Gasteiger partial charge < -0.3 is 10.2 Å². The van der Waals surface area contributed by atoms with Crippen LogP contribution in [0.4, 0.5) is 0 Å². The smallest absolute Gasteiger partial charge is 0.328 e. The summed E-state index contributed by atoms with van der Waals surface area (Å²) >= 11 is 0. The van der Waals surface area contributed by atoms with Crippen molar-refractivity contribution < 1.29 is 19.8 Å². The van der Waals surface area contributed by atoms with Crippen LogP contribution in [0.5, 0.6) is 5.75 Å². The molecule has 1 rings (SSSR count). The molecule has 2 N–H and O–H groups in total. The van der Waals surface area contributed by atoms with Gasteiger partial charge in [-0.15, -0.1) is 0 Å². The summed E-state index contributed by atoms with van der Waals surface area (Å²) in [7, 11) is 0. The maximum Gasteiger partial charge on any atom is 0.328 e. The molecule has 0 radical (unpaired) electrons. The van der Waals surface area contributed by atoms with Crippen LogP contribution in [0.25, 0.3) is 0 Å². The summed E-state index contributed by atoms with van der Waals surface area (Å²) in [6.45, 7) is 5.76. The highest BCUT2D eigenvalue weighted by Crippen LogP contribution is 2.31. The fourth-order valence-electron chi connectivity index (χ4n) is 1.53. The summed E-state index contributed by atoms with van der Waals surface area (Å²) in [6, 6.07) is 4.51. The Hall–Kier alpha value is -2.10. The van der Waals surface area contributed by atoms with Crippen LogP contribution < -0.4 is 0 Å². The third-order valence-corrected chi connectivity index (χ3v) is 2.47. The van der Waals surface area contributed by atoms with E-state index in [1.165, 1.54) is 12.1 Å². The van der Waals surface area contributed by atoms with Crippen LogP contribution in [0.15, 0.2) is 30.4 Å². The van der Waals surface area contributed by atoms with E-state index in [0.29, 0.717) is 11.1 Å². The quantitative estimate of drug-likeness (QED) is 0.636. The molecule has 0 aliphatic heterocycles. The van der Waals surface area contributed by atoms with E-state index in [-0.39, 0.29) is 11.2 Å². The summed E-state index contributed by atoms with van der Waals surface area (Å²) in [6.07, 6.45) is 1.80. The molecule has 18 heavy (non-hydrogen) atoms. The maximum absolute atomic E-state index is 11.7. The van der Waals surface area contributed by atoms with Gasteiger partial charge in [0.25, 0.3) is 0 Å². The molecular formula is C14H16O4. The number of hydrogen-bond donors (Lipinski definition) is 2. The minimum atomic E-state index is -1.17. The number of carbonyl (C=O) groups is 2. The first kappa shape index (κ1) is 14.0. The molecule has 0 bridgehead atoms. The third kappa shape index (κ3) is 3.45. The van der Waals surface area contributed by atoms with E-state index in [2.05, 4.69) is 0 Å². The highest BCUT2D eigenvalue weighted by Gasteiger charge is 2.19. The first-order valence-corrected chi connectivity index (χ1v) is 5.50. The Labute approximate surface area is 106 Å². The molecule has 0 spiro atoms. The lowest BCUT2D eigenvalue weighted by Gasteiger charge is -2.20. The molecule has 0 fully saturated rings. The van der Waals surface area contributed by atoms with Crippen LogP contribution in [-0.2, 0) is 10.2 Å². The standard InChI is InChI=1S/C14H16O4/c1-14(2,3)10-8-9(4-5-12(10)16)11(15)6-7-13(17)18/h4-8,16H,1-3H3,(H,17,18)/b7-6+. The Morgan fingerprint density at radius 2 is 1.78 bits per heavy atom. The molecule has 1 aromatic rings. The molecule has 0 atom stereocenters. The van der Waals surface area contributed by atoms with Crippen molar-refractivity contribution in [3.8, 4) is 5.75 Å². The van der Waals surface area contributed by atoms with E-state index in [4.69, 9.17) is 5.11 Å². The first-order chi connectivity index (χ1) is 8.21. The number of carbonyl (C=O) groups excluding carboxylic acids is 1. The van der Waals surface area contributed by atoms with Crippen LogP contribution in [-0.4, -0.2) is 22.0 Å². The largest absolute Gasteiger partial charge is 0.508 e. The Balaban J connectivity index is 3.13. The van der Waals surface area contributed by atoms with Crippen LogP contribution in [0.3, 0.4) is 0 Å². The van der Waals surface area contributed by atoms with Gasteiger partial charge in [0.05, 0.1) is 0 Å². The van der Waals surface area contributed by atoms with Crippen LogP contribution >= 0.6 is 0 Å². The van der Waals surface area contributed by atoms with E-state index < -0.39 is 11.8 Å². The Morgan fingerprint density at radius 3 is 2.28 bits per heavy atom. The van der Waals surface area contributed by atoms with Gasteiger partial charge in [0.1, 0.15) is 5.75 Å². The number of rotatable bonds is 3. The van der Waals surface area contributed by atoms with Crippen molar-refractivity contribution in [2.75, 3.05) is 0 Å². The van der Waals surface area contributed by atoms with Gasteiger partial charge in [-0.3, -0.25) is 4.79 Å². The summed E-state index contributed by atoms with van der Waals surface area (Å²) < 4.78 is 0. The van der Waals surface area contributed by atoms with Crippen LogP contribution in [0, 0.1) is 0 Å². The lowest BCUT2D eigenvalue weighted by Crippen LogP contribution is -2.12. The van der Waals surface area contributed by atoms with Gasteiger partial charge in [-0.1, -0.05) is 20.8 Å². The van der Waals surface area contributed by atoms with Gasteiger partial charge in [0.2, 0.25) is 0 Å². The van der Waals surface area contributed by atoms with Crippen LogP contribution in [0.1, 0.15) is 36.7 Å². The number of carboxylic acid groups (broad SMARTS) is 1. The zero-order chi connectivity index (χ0) is 13.9. The van der Waals surface area contributed by atoms with Crippen molar-refractivity contribution in [3.05, 3.63) is 41.5 Å². The zero-order valence-corrected chi connectivity index (χ0v) is 10.6. The third-order valence-electron chi connectivity index (χ3n) is 2.47. The topological polar surface area (TPSA) is 74.6 Å².